The third-order valence-electron chi connectivity index (χ3n) is 1.72. The lowest BCUT2D eigenvalue weighted by atomic mass is 10.1. The number of Topliss-reactive ketones (excluding diaryl/α,β-unsaturated/α-hetero) is 1. The molecular formula is C8H8O8. The molecule has 0 radical (unpaired) electrons. The quantitative estimate of drug-likeness (QED) is 0.663. The monoisotopic (exact) mass is 232 g/mol. The topological polar surface area (TPSA) is 119 Å². The minimum Gasteiger partial charge on any atom is -0.490 e. The predicted octanol–water partition coefficient (Wildman–Crippen LogP) is 0.575. The van der Waals surface area contributed by atoms with Crippen LogP contribution >= 0.6 is 0 Å². The summed E-state index contributed by atoms with van der Waals surface area (Å²) in [7, 11) is 0. The van der Waals surface area contributed by atoms with Gasteiger partial charge in [0.05, 0.1) is 0 Å². The average molecular weight is 232 g/mol. The summed E-state index contributed by atoms with van der Waals surface area (Å²) in [5.74, 6) is -1.48. The maximum atomic E-state index is 11.5. The number of carboxylic acid groups (broad SMARTS) is 2. The summed E-state index contributed by atoms with van der Waals surface area (Å²) in [5, 5.41) is 16.7. The number of ether oxygens (including phenoxy) is 3. The van der Waals surface area contributed by atoms with E-state index >= 15 is 0 Å². The van der Waals surface area contributed by atoms with Crippen molar-refractivity contribution < 1.29 is 38.8 Å². The summed E-state index contributed by atoms with van der Waals surface area (Å²) < 4.78 is 13.2. The van der Waals surface area contributed by atoms with Crippen molar-refractivity contribution in [2.75, 3.05) is 6.61 Å². The molecule has 1 aliphatic heterocycles. The molecule has 0 saturated carbocycles. The van der Waals surface area contributed by atoms with E-state index in [-0.39, 0.29) is 12.4 Å². The Morgan fingerprint density at radius 3 is 2.50 bits per heavy atom. The first kappa shape index (κ1) is 11.8. The number of hydrogen-bond donors (Lipinski definition) is 2. The Hall–Kier alpha value is -2.25. The third kappa shape index (κ3) is 2.62. The summed E-state index contributed by atoms with van der Waals surface area (Å²) in [6, 6.07) is 0. The second-order valence-corrected chi connectivity index (χ2v) is 2.80. The molecule has 0 aromatic heterocycles. The third-order valence-corrected chi connectivity index (χ3v) is 1.72. The van der Waals surface area contributed by atoms with Crippen LogP contribution in [0.3, 0.4) is 0 Å². The lowest BCUT2D eigenvalue weighted by Gasteiger charge is -2.22. The first-order valence-electron chi connectivity index (χ1n) is 4.10. The van der Waals surface area contributed by atoms with Gasteiger partial charge in [-0.2, -0.15) is 0 Å². The molecular weight excluding hydrogens is 224 g/mol. The van der Waals surface area contributed by atoms with Gasteiger partial charge in [0.2, 0.25) is 17.6 Å². The van der Waals surface area contributed by atoms with Crippen molar-refractivity contribution in [3.05, 3.63) is 11.5 Å². The molecule has 0 spiro atoms. The van der Waals surface area contributed by atoms with E-state index in [4.69, 9.17) is 14.9 Å². The van der Waals surface area contributed by atoms with Gasteiger partial charge in [0.15, 0.2) is 0 Å². The van der Waals surface area contributed by atoms with Crippen LogP contribution in [0.1, 0.15) is 6.92 Å². The van der Waals surface area contributed by atoms with Gasteiger partial charge in [0.25, 0.3) is 0 Å². The summed E-state index contributed by atoms with van der Waals surface area (Å²) in [6.45, 7) is 1.02. The Labute approximate surface area is 89.0 Å². The van der Waals surface area contributed by atoms with Gasteiger partial charge in [-0.1, -0.05) is 0 Å². The minimum atomic E-state index is -1.69. The SMILES string of the molecule is CC1=C(OC(=O)O)C(=O)C(OC(=O)O)CO1. The zero-order chi connectivity index (χ0) is 12.3. The van der Waals surface area contributed by atoms with Crippen LogP contribution in [0.25, 0.3) is 0 Å². The Morgan fingerprint density at radius 2 is 2.00 bits per heavy atom. The van der Waals surface area contributed by atoms with Crippen LogP contribution in [0.4, 0.5) is 9.59 Å². The second kappa shape index (κ2) is 4.51. The molecule has 1 aliphatic rings. The van der Waals surface area contributed by atoms with Crippen molar-refractivity contribution in [3.63, 3.8) is 0 Å². The van der Waals surface area contributed by atoms with Crippen LogP contribution < -0.4 is 0 Å². The number of ketones is 1. The predicted molar refractivity (Wildman–Crippen MR) is 45.7 cm³/mol. The highest BCUT2D eigenvalue weighted by Gasteiger charge is 2.35. The van der Waals surface area contributed by atoms with Crippen LogP contribution in [0.15, 0.2) is 11.5 Å². The second-order valence-electron chi connectivity index (χ2n) is 2.80. The molecule has 0 saturated heterocycles. The highest BCUT2D eigenvalue weighted by Crippen LogP contribution is 2.19. The fourth-order valence-corrected chi connectivity index (χ4v) is 1.08. The first-order chi connectivity index (χ1) is 7.41. The molecule has 0 amide bonds. The normalized spacial score (nSPS) is 20.1. The van der Waals surface area contributed by atoms with Crippen LogP contribution in [0, 0.1) is 0 Å². The molecule has 0 fully saturated rings. The molecule has 16 heavy (non-hydrogen) atoms. The highest BCUT2D eigenvalue weighted by molar-refractivity contribution is 6.00. The van der Waals surface area contributed by atoms with Gasteiger partial charge >= 0.3 is 12.3 Å². The van der Waals surface area contributed by atoms with Gasteiger partial charge in [-0.25, -0.2) is 9.59 Å². The summed E-state index contributed by atoms with van der Waals surface area (Å²) in [6.07, 6.45) is -4.76. The van der Waals surface area contributed by atoms with E-state index in [9.17, 15) is 14.4 Å². The van der Waals surface area contributed by atoms with Crippen molar-refractivity contribution in [1.82, 2.24) is 0 Å². The van der Waals surface area contributed by atoms with E-state index in [0.717, 1.165) is 0 Å². The zero-order valence-electron chi connectivity index (χ0n) is 8.13. The Kier molecular flexibility index (Phi) is 3.33. The molecule has 8 heteroatoms. The molecule has 1 atom stereocenters. The number of allylic oxidation sites excluding steroid dienone is 1. The van der Waals surface area contributed by atoms with E-state index in [1.165, 1.54) is 6.92 Å². The Morgan fingerprint density at radius 1 is 1.38 bits per heavy atom. The van der Waals surface area contributed by atoms with Crippen molar-refractivity contribution >= 4 is 18.1 Å². The smallest absolute Gasteiger partial charge is 0.490 e. The van der Waals surface area contributed by atoms with E-state index in [0.29, 0.717) is 0 Å². The largest absolute Gasteiger partial charge is 0.511 e. The first-order valence-corrected chi connectivity index (χ1v) is 4.10. The van der Waals surface area contributed by atoms with Crippen LogP contribution in [0.2, 0.25) is 0 Å². The molecule has 0 aromatic carbocycles. The fourth-order valence-electron chi connectivity index (χ4n) is 1.08. The molecule has 2 N–H and O–H groups in total. The molecule has 88 valence electrons. The molecule has 1 unspecified atom stereocenters. The van der Waals surface area contributed by atoms with Crippen molar-refractivity contribution in [1.29, 1.82) is 0 Å². The number of hydrogen-bond acceptors (Lipinski definition) is 6. The Bertz CT molecular complexity index is 368. The van der Waals surface area contributed by atoms with Crippen molar-refractivity contribution in [3.8, 4) is 0 Å². The van der Waals surface area contributed by atoms with Gasteiger partial charge in [-0.15, -0.1) is 0 Å². The number of rotatable bonds is 2. The van der Waals surface area contributed by atoms with E-state index in [1.807, 2.05) is 0 Å². The zero-order valence-corrected chi connectivity index (χ0v) is 8.13. The van der Waals surface area contributed by atoms with Gasteiger partial charge in [-0.05, 0) is 6.92 Å². The summed E-state index contributed by atoms with van der Waals surface area (Å²) in [4.78, 5) is 32.0. The molecule has 0 aromatic rings. The van der Waals surface area contributed by atoms with Crippen LogP contribution in [-0.4, -0.2) is 41.0 Å². The van der Waals surface area contributed by atoms with Gasteiger partial charge in [0.1, 0.15) is 12.4 Å². The van der Waals surface area contributed by atoms with Crippen molar-refractivity contribution in [2.24, 2.45) is 0 Å². The molecule has 1 rings (SSSR count). The lowest BCUT2D eigenvalue weighted by Crippen LogP contribution is -2.37. The standard InChI is InChI=1S/C8H8O8/c1-3-6(16-8(12)13)5(9)4(2-14-3)15-7(10)11/h4H,2H2,1H3,(H,10,11)(H,12,13). The van der Waals surface area contributed by atoms with Crippen LogP contribution in [0.5, 0.6) is 0 Å². The summed E-state index contributed by atoms with van der Waals surface area (Å²) in [5.41, 5.74) is 0. The van der Waals surface area contributed by atoms with Crippen molar-refractivity contribution in [2.45, 2.75) is 13.0 Å². The van der Waals surface area contributed by atoms with E-state index in [1.54, 1.807) is 0 Å². The maximum Gasteiger partial charge on any atom is 0.511 e. The maximum absolute atomic E-state index is 11.5. The molecule has 0 bridgehead atoms. The lowest BCUT2D eigenvalue weighted by molar-refractivity contribution is -0.133. The molecule has 8 nitrogen and oxygen atoms in total. The minimum absolute atomic E-state index is 0.0300. The Balaban J connectivity index is 2.84. The van der Waals surface area contributed by atoms with E-state index < -0.39 is 30.0 Å². The fraction of sp³-hybridized carbons (Fsp3) is 0.375. The molecule has 0 aliphatic carbocycles. The average Bonchev–Trinajstić information content (AvgIpc) is 2.16. The summed E-state index contributed by atoms with van der Waals surface area (Å²) >= 11 is 0. The van der Waals surface area contributed by atoms with Crippen LogP contribution in [-0.2, 0) is 19.0 Å². The number of carbonyl (C=O) groups is 3. The van der Waals surface area contributed by atoms with E-state index in [2.05, 4.69) is 9.47 Å². The highest BCUT2D eigenvalue weighted by atomic mass is 16.7. The molecule has 1 heterocycles. The van der Waals surface area contributed by atoms with Gasteiger partial charge in [0, 0.05) is 0 Å². The number of carbonyl (C=O) groups excluding carboxylic acids is 1. The van der Waals surface area contributed by atoms with Gasteiger partial charge < -0.3 is 24.4 Å². The van der Waals surface area contributed by atoms with Gasteiger partial charge in [-0.3, -0.25) is 4.79 Å².